The van der Waals surface area contributed by atoms with Gasteiger partial charge in [0.1, 0.15) is 0 Å². The third kappa shape index (κ3) is 7.37. The summed E-state index contributed by atoms with van der Waals surface area (Å²) in [5.41, 5.74) is 1.12. The molecule has 19 heavy (non-hydrogen) atoms. The topological polar surface area (TPSA) is 0 Å². The molecule has 2 unspecified atom stereocenters. The van der Waals surface area contributed by atoms with Crippen LogP contribution in [0, 0.1) is 22.7 Å². The lowest BCUT2D eigenvalue weighted by Crippen LogP contribution is -2.16. The average molecular weight is 267 g/mol. The van der Waals surface area contributed by atoms with E-state index in [1.54, 1.807) is 0 Å². The van der Waals surface area contributed by atoms with Crippen LogP contribution in [0.2, 0.25) is 0 Å². The minimum atomic E-state index is 0.557. The molecule has 0 heteroatoms. The van der Waals surface area contributed by atoms with Gasteiger partial charge in [-0.25, -0.2) is 0 Å². The first kappa shape index (κ1) is 17.1. The summed E-state index contributed by atoms with van der Waals surface area (Å²) in [5.74, 6) is 1.85. The largest absolute Gasteiger partial charge is 0.0625 e. The van der Waals surface area contributed by atoms with Crippen LogP contribution in [0.3, 0.4) is 0 Å². The molecule has 1 saturated carbocycles. The lowest BCUT2D eigenvalue weighted by atomic mass is 9.77. The normalized spacial score (nSPS) is 33.8. The minimum Gasteiger partial charge on any atom is -0.0625 e. The Morgan fingerprint density at radius 2 is 1.11 bits per heavy atom. The Balaban J connectivity index is 2.60. The van der Waals surface area contributed by atoms with Crippen molar-refractivity contribution in [3.63, 3.8) is 0 Å². The van der Waals surface area contributed by atoms with E-state index in [0.29, 0.717) is 10.8 Å². The maximum Gasteiger partial charge on any atom is -0.0354 e. The Bertz CT molecular complexity index is 249. The fourth-order valence-electron chi connectivity index (χ4n) is 3.78. The zero-order valence-corrected chi connectivity index (χ0v) is 14.5. The first-order valence-electron chi connectivity index (χ1n) is 8.70. The van der Waals surface area contributed by atoms with Crippen molar-refractivity contribution in [1.82, 2.24) is 0 Å². The lowest BCUT2D eigenvalue weighted by Gasteiger charge is -2.29. The Morgan fingerprint density at radius 3 is 1.74 bits per heavy atom. The van der Waals surface area contributed by atoms with Crippen molar-refractivity contribution >= 4 is 0 Å². The van der Waals surface area contributed by atoms with E-state index in [1.165, 1.54) is 57.8 Å². The first-order chi connectivity index (χ1) is 8.70. The van der Waals surface area contributed by atoms with E-state index in [4.69, 9.17) is 0 Å². The maximum atomic E-state index is 2.48. The molecule has 0 nitrogen and oxygen atoms in total. The second-order valence-corrected chi connectivity index (χ2v) is 9.06. The van der Waals surface area contributed by atoms with Crippen LogP contribution in [0.1, 0.15) is 99.3 Å². The minimum absolute atomic E-state index is 0.557. The predicted octanol–water partition coefficient (Wildman–Crippen LogP) is 6.84. The highest BCUT2D eigenvalue weighted by Crippen LogP contribution is 2.37. The molecule has 0 aromatic carbocycles. The van der Waals surface area contributed by atoms with Crippen LogP contribution in [-0.4, -0.2) is 0 Å². The Labute approximate surface area is 122 Å². The molecule has 0 radical (unpaired) electrons. The van der Waals surface area contributed by atoms with Crippen molar-refractivity contribution in [3.05, 3.63) is 0 Å². The van der Waals surface area contributed by atoms with Crippen LogP contribution in [0.5, 0.6) is 0 Å². The van der Waals surface area contributed by atoms with Gasteiger partial charge in [-0.05, 0) is 54.8 Å². The highest BCUT2D eigenvalue weighted by atomic mass is 14.3. The number of hydrogen-bond donors (Lipinski definition) is 0. The zero-order valence-electron chi connectivity index (χ0n) is 14.5. The van der Waals surface area contributed by atoms with E-state index < -0.39 is 0 Å². The Kier molecular flexibility index (Phi) is 6.40. The van der Waals surface area contributed by atoms with Gasteiger partial charge in [0.2, 0.25) is 0 Å². The summed E-state index contributed by atoms with van der Waals surface area (Å²) >= 11 is 0. The van der Waals surface area contributed by atoms with E-state index in [9.17, 15) is 0 Å². The molecular weight excluding hydrogens is 228 g/mol. The molecule has 1 rings (SSSR count). The van der Waals surface area contributed by atoms with Gasteiger partial charge >= 0.3 is 0 Å². The highest BCUT2D eigenvalue weighted by molar-refractivity contribution is 4.76. The molecular formula is C19H38. The highest BCUT2D eigenvalue weighted by Gasteiger charge is 2.23. The smallest absolute Gasteiger partial charge is 0.0354 e. The van der Waals surface area contributed by atoms with Crippen molar-refractivity contribution in [3.8, 4) is 0 Å². The van der Waals surface area contributed by atoms with Crippen LogP contribution in [-0.2, 0) is 0 Å². The monoisotopic (exact) mass is 266 g/mol. The maximum absolute atomic E-state index is 2.48. The number of hydrogen-bond acceptors (Lipinski definition) is 0. The first-order valence-corrected chi connectivity index (χ1v) is 8.70. The average Bonchev–Trinajstić information content (AvgIpc) is 2.25. The van der Waals surface area contributed by atoms with Crippen molar-refractivity contribution in [2.24, 2.45) is 22.7 Å². The summed E-state index contributed by atoms with van der Waals surface area (Å²) < 4.78 is 0. The van der Waals surface area contributed by atoms with E-state index in [2.05, 4.69) is 41.5 Å². The fraction of sp³-hybridized carbons (Fsp3) is 1.00. The van der Waals surface area contributed by atoms with Gasteiger partial charge in [-0.15, -0.1) is 0 Å². The van der Waals surface area contributed by atoms with Gasteiger partial charge in [0.25, 0.3) is 0 Å². The SMILES string of the molecule is CC1CCCC(C)(C)CCCC(C)(C)CCC(C)C1. The van der Waals surface area contributed by atoms with E-state index in [-0.39, 0.29) is 0 Å². The van der Waals surface area contributed by atoms with Gasteiger partial charge in [-0.3, -0.25) is 0 Å². The molecule has 0 aliphatic heterocycles. The zero-order chi connectivity index (χ0) is 14.5. The Hall–Kier alpha value is 0. The quantitative estimate of drug-likeness (QED) is 0.450. The molecule has 1 fully saturated rings. The summed E-state index contributed by atoms with van der Waals surface area (Å²) in [6.45, 7) is 14.9. The third-order valence-electron chi connectivity index (χ3n) is 5.38. The second-order valence-electron chi connectivity index (χ2n) is 9.06. The van der Waals surface area contributed by atoms with Gasteiger partial charge in [-0.2, -0.15) is 0 Å². The summed E-state index contributed by atoms with van der Waals surface area (Å²) in [6, 6.07) is 0. The Morgan fingerprint density at radius 1 is 0.632 bits per heavy atom. The van der Waals surface area contributed by atoms with E-state index in [1.807, 2.05) is 0 Å². The molecule has 0 amide bonds. The van der Waals surface area contributed by atoms with Crippen molar-refractivity contribution in [2.45, 2.75) is 99.3 Å². The van der Waals surface area contributed by atoms with Gasteiger partial charge in [-0.1, -0.05) is 67.2 Å². The van der Waals surface area contributed by atoms with Gasteiger partial charge < -0.3 is 0 Å². The van der Waals surface area contributed by atoms with Crippen LogP contribution >= 0.6 is 0 Å². The molecule has 0 bridgehead atoms. The third-order valence-corrected chi connectivity index (χ3v) is 5.38. The predicted molar refractivity (Wildman–Crippen MR) is 87.4 cm³/mol. The van der Waals surface area contributed by atoms with Crippen molar-refractivity contribution in [2.75, 3.05) is 0 Å². The van der Waals surface area contributed by atoms with Crippen LogP contribution in [0.15, 0.2) is 0 Å². The molecule has 0 heterocycles. The van der Waals surface area contributed by atoms with Crippen LogP contribution < -0.4 is 0 Å². The van der Waals surface area contributed by atoms with Crippen LogP contribution in [0.4, 0.5) is 0 Å². The van der Waals surface area contributed by atoms with E-state index in [0.717, 1.165) is 11.8 Å². The van der Waals surface area contributed by atoms with Gasteiger partial charge in [0.05, 0.1) is 0 Å². The molecule has 0 aromatic heterocycles. The van der Waals surface area contributed by atoms with Gasteiger partial charge in [0, 0.05) is 0 Å². The molecule has 1 aliphatic rings. The fourth-order valence-corrected chi connectivity index (χ4v) is 3.78. The molecule has 0 spiro atoms. The molecule has 0 N–H and O–H groups in total. The standard InChI is InChI=1S/C19H38/c1-16-9-7-11-18(3,4)12-8-13-19(5,6)14-10-17(2)15-16/h16-17H,7-15H2,1-6H3. The van der Waals surface area contributed by atoms with Crippen molar-refractivity contribution < 1.29 is 0 Å². The molecule has 114 valence electrons. The summed E-state index contributed by atoms with van der Waals surface area (Å²) in [5, 5.41) is 0. The molecule has 0 aromatic rings. The summed E-state index contributed by atoms with van der Waals surface area (Å²) in [7, 11) is 0. The molecule has 1 aliphatic carbocycles. The summed E-state index contributed by atoms with van der Waals surface area (Å²) in [6.07, 6.45) is 12.8. The second kappa shape index (κ2) is 7.14. The van der Waals surface area contributed by atoms with Crippen LogP contribution in [0.25, 0.3) is 0 Å². The van der Waals surface area contributed by atoms with Gasteiger partial charge in [0.15, 0.2) is 0 Å². The molecule has 2 atom stereocenters. The van der Waals surface area contributed by atoms with Crippen molar-refractivity contribution in [1.29, 1.82) is 0 Å². The van der Waals surface area contributed by atoms with E-state index >= 15 is 0 Å². The lowest BCUT2D eigenvalue weighted by molar-refractivity contribution is 0.233. The number of rotatable bonds is 0. The molecule has 0 saturated heterocycles. The summed E-state index contributed by atoms with van der Waals surface area (Å²) in [4.78, 5) is 0.